The molecule has 0 saturated carbocycles. The minimum Gasteiger partial charge on any atom is -0.368 e. The number of piperazine rings is 1. The highest BCUT2D eigenvalue weighted by Crippen LogP contribution is 2.25. The quantitative estimate of drug-likeness (QED) is 0.857. The number of aromatic nitrogens is 2. The van der Waals surface area contributed by atoms with E-state index in [0.29, 0.717) is 6.54 Å². The van der Waals surface area contributed by atoms with Crippen LogP contribution in [-0.4, -0.2) is 42.7 Å². The van der Waals surface area contributed by atoms with Crippen LogP contribution < -0.4 is 15.1 Å². The topological polar surface area (TPSA) is 44.3 Å². The molecule has 0 bridgehead atoms. The van der Waals surface area contributed by atoms with E-state index in [4.69, 9.17) is 0 Å². The third kappa shape index (κ3) is 3.50. The van der Waals surface area contributed by atoms with Gasteiger partial charge >= 0.3 is 0 Å². The van der Waals surface area contributed by atoms with Gasteiger partial charge in [0.25, 0.3) is 0 Å². The average molecular weight is 323 g/mol. The Morgan fingerprint density at radius 3 is 2.62 bits per heavy atom. The zero-order chi connectivity index (χ0) is 16.9. The van der Waals surface area contributed by atoms with Gasteiger partial charge in [0.15, 0.2) is 0 Å². The molecule has 0 atom stereocenters. The molecule has 0 aliphatic carbocycles. The van der Waals surface area contributed by atoms with Crippen molar-refractivity contribution in [2.45, 2.75) is 13.8 Å². The second kappa shape index (κ2) is 7.34. The van der Waals surface area contributed by atoms with E-state index in [1.54, 1.807) is 6.33 Å². The molecule has 24 heavy (non-hydrogen) atoms. The molecule has 1 aliphatic heterocycles. The van der Waals surface area contributed by atoms with Crippen LogP contribution in [-0.2, 0) is 0 Å². The molecule has 0 unspecified atom stereocenters. The van der Waals surface area contributed by atoms with Gasteiger partial charge in [-0.15, -0.1) is 6.58 Å². The first-order valence-electron chi connectivity index (χ1n) is 8.42. The Morgan fingerprint density at radius 2 is 1.88 bits per heavy atom. The molecule has 1 aliphatic rings. The molecular weight excluding hydrogens is 298 g/mol. The lowest BCUT2D eigenvalue weighted by Gasteiger charge is -2.37. The van der Waals surface area contributed by atoms with Crippen molar-refractivity contribution in [2.24, 2.45) is 0 Å². The maximum Gasteiger partial charge on any atom is 0.134 e. The van der Waals surface area contributed by atoms with Crippen LogP contribution in [0.25, 0.3) is 0 Å². The predicted octanol–water partition coefficient (Wildman–Crippen LogP) is 3.02. The maximum atomic E-state index is 4.43. The number of rotatable bonds is 5. The second-order valence-corrected chi connectivity index (χ2v) is 6.12. The molecule has 2 heterocycles. The van der Waals surface area contributed by atoms with Crippen molar-refractivity contribution in [1.29, 1.82) is 0 Å². The normalized spacial score (nSPS) is 14.6. The van der Waals surface area contributed by atoms with Crippen molar-refractivity contribution in [3.05, 3.63) is 54.4 Å². The van der Waals surface area contributed by atoms with Crippen LogP contribution in [0, 0.1) is 13.8 Å². The van der Waals surface area contributed by atoms with E-state index in [0.717, 1.165) is 37.8 Å². The molecule has 1 saturated heterocycles. The molecule has 5 nitrogen and oxygen atoms in total. The number of anilines is 3. The van der Waals surface area contributed by atoms with Gasteiger partial charge in [-0.25, -0.2) is 9.97 Å². The van der Waals surface area contributed by atoms with Crippen LogP contribution in [0.3, 0.4) is 0 Å². The molecule has 126 valence electrons. The number of hydrogen-bond donors (Lipinski definition) is 1. The molecule has 1 aromatic carbocycles. The van der Waals surface area contributed by atoms with Crippen molar-refractivity contribution in [1.82, 2.24) is 9.97 Å². The van der Waals surface area contributed by atoms with E-state index in [2.05, 4.69) is 63.7 Å². The van der Waals surface area contributed by atoms with Gasteiger partial charge in [-0.1, -0.05) is 18.2 Å². The SMILES string of the molecule is C=CCNc1cc(N2CCN(c3cccc(C)c3C)CC2)ncn1. The number of hydrogen-bond acceptors (Lipinski definition) is 5. The summed E-state index contributed by atoms with van der Waals surface area (Å²) in [7, 11) is 0. The predicted molar refractivity (Wildman–Crippen MR) is 101 cm³/mol. The Hall–Kier alpha value is -2.56. The van der Waals surface area contributed by atoms with E-state index in [1.165, 1.54) is 16.8 Å². The summed E-state index contributed by atoms with van der Waals surface area (Å²) in [5.74, 6) is 1.83. The molecule has 1 fully saturated rings. The summed E-state index contributed by atoms with van der Waals surface area (Å²) in [5, 5.41) is 3.22. The smallest absolute Gasteiger partial charge is 0.134 e. The van der Waals surface area contributed by atoms with Crippen LogP contribution in [0.15, 0.2) is 43.2 Å². The summed E-state index contributed by atoms with van der Waals surface area (Å²) in [5.41, 5.74) is 4.08. The summed E-state index contributed by atoms with van der Waals surface area (Å²) in [4.78, 5) is 13.5. The van der Waals surface area contributed by atoms with Gasteiger partial charge in [0, 0.05) is 44.5 Å². The molecule has 3 rings (SSSR count). The Morgan fingerprint density at radius 1 is 1.12 bits per heavy atom. The molecule has 0 radical (unpaired) electrons. The number of benzene rings is 1. The number of aryl methyl sites for hydroxylation is 1. The summed E-state index contributed by atoms with van der Waals surface area (Å²) in [6.07, 6.45) is 3.45. The molecule has 0 spiro atoms. The monoisotopic (exact) mass is 323 g/mol. The summed E-state index contributed by atoms with van der Waals surface area (Å²) in [6, 6.07) is 8.55. The number of nitrogens with one attached hydrogen (secondary N) is 1. The van der Waals surface area contributed by atoms with Gasteiger partial charge in [0.1, 0.15) is 18.0 Å². The first-order valence-corrected chi connectivity index (χ1v) is 8.42. The van der Waals surface area contributed by atoms with Crippen molar-refractivity contribution in [3.63, 3.8) is 0 Å². The molecule has 0 amide bonds. The van der Waals surface area contributed by atoms with E-state index in [1.807, 2.05) is 12.1 Å². The summed E-state index contributed by atoms with van der Waals surface area (Å²) < 4.78 is 0. The van der Waals surface area contributed by atoms with E-state index < -0.39 is 0 Å². The van der Waals surface area contributed by atoms with Crippen molar-refractivity contribution in [3.8, 4) is 0 Å². The fraction of sp³-hybridized carbons (Fsp3) is 0.368. The average Bonchev–Trinajstić information content (AvgIpc) is 2.63. The van der Waals surface area contributed by atoms with Crippen molar-refractivity contribution < 1.29 is 0 Å². The van der Waals surface area contributed by atoms with Crippen LogP contribution in [0.5, 0.6) is 0 Å². The van der Waals surface area contributed by atoms with E-state index in [9.17, 15) is 0 Å². The van der Waals surface area contributed by atoms with Gasteiger partial charge in [0.05, 0.1) is 0 Å². The molecule has 1 aromatic heterocycles. The van der Waals surface area contributed by atoms with Gasteiger partial charge in [-0.3, -0.25) is 0 Å². The lowest BCUT2D eigenvalue weighted by Crippen LogP contribution is -2.47. The zero-order valence-corrected chi connectivity index (χ0v) is 14.5. The van der Waals surface area contributed by atoms with Crippen molar-refractivity contribution >= 4 is 17.3 Å². The first kappa shape index (κ1) is 16.3. The molecule has 1 N–H and O–H groups in total. The van der Waals surface area contributed by atoms with E-state index in [-0.39, 0.29) is 0 Å². The Balaban J connectivity index is 1.67. The molecule has 5 heteroatoms. The Bertz CT molecular complexity index is 705. The van der Waals surface area contributed by atoms with Gasteiger partial charge in [-0.2, -0.15) is 0 Å². The van der Waals surface area contributed by atoms with Gasteiger partial charge in [-0.05, 0) is 31.0 Å². The van der Waals surface area contributed by atoms with Crippen LogP contribution in [0.2, 0.25) is 0 Å². The fourth-order valence-corrected chi connectivity index (χ4v) is 3.05. The zero-order valence-electron chi connectivity index (χ0n) is 14.5. The first-order chi connectivity index (χ1) is 11.7. The van der Waals surface area contributed by atoms with E-state index >= 15 is 0 Å². The largest absolute Gasteiger partial charge is 0.368 e. The van der Waals surface area contributed by atoms with Crippen LogP contribution in [0.4, 0.5) is 17.3 Å². The lowest BCUT2D eigenvalue weighted by atomic mass is 10.1. The second-order valence-electron chi connectivity index (χ2n) is 6.12. The van der Waals surface area contributed by atoms with Crippen LogP contribution in [0.1, 0.15) is 11.1 Å². The summed E-state index contributed by atoms with van der Waals surface area (Å²) >= 11 is 0. The minimum absolute atomic E-state index is 0.705. The Kier molecular flexibility index (Phi) is 4.99. The third-order valence-electron chi connectivity index (χ3n) is 4.60. The van der Waals surface area contributed by atoms with Crippen LogP contribution >= 0.6 is 0 Å². The molecular formula is C19H25N5. The standard InChI is InChI=1S/C19H25N5/c1-4-8-20-18-13-19(22-14-21-18)24-11-9-23(10-12-24)17-7-5-6-15(2)16(17)3/h4-7,13-14H,1,8-12H2,2-3H3,(H,20,21,22). The highest BCUT2D eigenvalue weighted by Gasteiger charge is 2.20. The number of nitrogens with zero attached hydrogens (tertiary/aromatic N) is 4. The van der Waals surface area contributed by atoms with Gasteiger partial charge in [0.2, 0.25) is 0 Å². The lowest BCUT2D eigenvalue weighted by molar-refractivity contribution is 0.645. The maximum absolute atomic E-state index is 4.43. The van der Waals surface area contributed by atoms with Gasteiger partial charge < -0.3 is 15.1 Å². The third-order valence-corrected chi connectivity index (χ3v) is 4.60. The molecule has 2 aromatic rings. The minimum atomic E-state index is 0.705. The fourth-order valence-electron chi connectivity index (χ4n) is 3.05. The van der Waals surface area contributed by atoms with Crippen molar-refractivity contribution in [2.75, 3.05) is 47.8 Å². The highest BCUT2D eigenvalue weighted by molar-refractivity contribution is 5.57. The summed E-state index contributed by atoms with van der Waals surface area (Å²) in [6.45, 7) is 12.7. The highest BCUT2D eigenvalue weighted by atomic mass is 15.3. The Labute approximate surface area is 144 Å².